The number of carbonyl (C=O) groups excluding carboxylic acids is 11. The van der Waals surface area contributed by atoms with Gasteiger partial charge in [0.15, 0.2) is 0 Å². The molecule has 514 valence electrons. The molecule has 0 aromatic heterocycles. The van der Waals surface area contributed by atoms with E-state index in [1.165, 1.54) is 104 Å². The van der Waals surface area contributed by atoms with Crippen LogP contribution in [0.4, 0.5) is 0 Å². The van der Waals surface area contributed by atoms with Gasteiger partial charge in [-0.05, 0) is 101 Å². The Hall–Kier alpha value is -6.04. The number of allylic oxidation sites excluding steroid dienone is 2. The first-order valence-corrected chi connectivity index (χ1v) is 33.4. The minimum absolute atomic E-state index is 0.00156. The van der Waals surface area contributed by atoms with Gasteiger partial charge in [-0.2, -0.15) is 11.8 Å². The molecule has 0 aliphatic carbocycles. The predicted molar refractivity (Wildman–Crippen MR) is 355 cm³/mol. The molecule has 11 amide bonds. The molecule has 23 nitrogen and oxygen atoms in total. The normalized spacial score (nSPS) is 26.9. The fraction of sp³-hybridized carbons (Fsp3) is 0.773. The van der Waals surface area contributed by atoms with Crippen LogP contribution in [0.25, 0.3) is 0 Å². The summed E-state index contributed by atoms with van der Waals surface area (Å²) in [5.41, 5.74) is 0. The Labute approximate surface area is 543 Å². The van der Waals surface area contributed by atoms with Crippen molar-refractivity contribution in [2.45, 2.75) is 229 Å². The molecule has 0 unspecified atom stereocenters. The lowest BCUT2D eigenvalue weighted by molar-refractivity contribution is -0.157. The molecule has 5 N–H and O–H groups in total. The van der Waals surface area contributed by atoms with Gasteiger partial charge in [-0.3, -0.25) is 52.7 Å². The van der Waals surface area contributed by atoms with E-state index in [0.29, 0.717) is 12.2 Å². The van der Waals surface area contributed by atoms with Crippen molar-refractivity contribution in [3.05, 3.63) is 24.8 Å². The van der Waals surface area contributed by atoms with Gasteiger partial charge in [0.05, 0.1) is 6.10 Å². The second-order valence-electron chi connectivity index (χ2n) is 27.1. The molecule has 1 aliphatic rings. The van der Waals surface area contributed by atoms with Crippen molar-refractivity contribution >= 4 is 76.7 Å². The topological polar surface area (TPSA) is 279 Å². The van der Waals surface area contributed by atoms with Crippen LogP contribution in [0.2, 0.25) is 0 Å². The molecule has 1 fully saturated rings. The van der Waals surface area contributed by atoms with Crippen molar-refractivity contribution in [3.63, 3.8) is 0 Å². The summed E-state index contributed by atoms with van der Waals surface area (Å²) >= 11 is 1.31. The molecule has 1 rings (SSSR count). The van der Waals surface area contributed by atoms with Crippen molar-refractivity contribution in [1.29, 1.82) is 0 Å². The Kier molecular flexibility index (Phi) is 34.7. The van der Waals surface area contributed by atoms with Crippen molar-refractivity contribution in [2.75, 3.05) is 60.8 Å². The van der Waals surface area contributed by atoms with E-state index in [4.69, 9.17) is 0 Å². The molecule has 90 heavy (non-hydrogen) atoms. The third-order valence-electron chi connectivity index (χ3n) is 16.9. The number of nitrogens with zero attached hydrogens (tertiary/aromatic N) is 7. The SMILES string of the molecule is C=CCSC[C@@H]1C(=O)N(C)[C@@H](CC(C)C)C(=O)N[C@H](C(C)C)C(=O)N(C)[C@H](CC(C)C)C(=O)N[C@H](C)C(=O)N[C@@H](C)C(=O)N(C)[C@H](CC(C)C)C(=O)N(C)[C@H](CC(C)C)C(=O)N(C)[C@H](C(C)C)C(=O)N(C)[C@H]([C@H](O)[C@H](C)CC=CC)C(=O)N[C@H](CC)C(=O)N1C. The van der Waals surface area contributed by atoms with E-state index >= 15 is 24.0 Å². The molecule has 24 heteroatoms. The summed E-state index contributed by atoms with van der Waals surface area (Å²) in [6.07, 6.45) is 4.60. The smallest absolute Gasteiger partial charge is 0.246 e. The first-order valence-electron chi connectivity index (χ1n) is 32.2. The monoisotopic (exact) mass is 1290 g/mol. The number of aliphatic hydroxyl groups excluding tert-OH is 1. The van der Waals surface area contributed by atoms with Crippen LogP contribution in [0.3, 0.4) is 0 Å². The Balaban J connectivity index is 4.50. The molecule has 0 saturated carbocycles. The molecule has 1 heterocycles. The maximum atomic E-state index is 15.3. The van der Waals surface area contributed by atoms with Crippen molar-refractivity contribution in [1.82, 2.24) is 55.6 Å². The van der Waals surface area contributed by atoms with E-state index in [-0.39, 0.29) is 61.5 Å². The number of rotatable bonds is 19. The average Bonchev–Trinajstić information content (AvgIpc) is 0.969. The lowest BCUT2D eigenvalue weighted by Gasteiger charge is -2.41. The third-order valence-corrected chi connectivity index (χ3v) is 17.9. The highest BCUT2D eigenvalue weighted by Gasteiger charge is 2.46. The summed E-state index contributed by atoms with van der Waals surface area (Å²) in [4.78, 5) is 172. The van der Waals surface area contributed by atoms with Crippen molar-refractivity contribution in [3.8, 4) is 0 Å². The lowest BCUT2D eigenvalue weighted by Crippen LogP contribution is -2.64. The van der Waals surface area contributed by atoms with Crippen molar-refractivity contribution in [2.24, 2.45) is 41.4 Å². The van der Waals surface area contributed by atoms with Gasteiger partial charge in [0.2, 0.25) is 65.0 Å². The number of hydrogen-bond acceptors (Lipinski definition) is 13. The summed E-state index contributed by atoms with van der Waals surface area (Å²) in [6, 6.07) is -13.8. The molecule has 0 aromatic carbocycles. The second-order valence-corrected chi connectivity index (χ2v) is 28.2. The first-order chi connectivity index (χ1) is 41.7. The number of thioether (sulfide) groups is 1. The minimum Gasteiger partial charge on any atom is -0.390 e. The molecule has 0 bridgehead atoms. The number of nitrogens with one attached hydrogen (secondary N) is 4. The largest absolute Gasteiger partial charge is 0.390 e. The van der Waals surface area contributed by atoms with Gasteiger partial charge >= 0.3 is 0 Å². The van der Waals surface area contributed by atoms with Crippen LogP contribution < -0.4 is 21.3 Å². The zero-order chi connectivity index (χ0) is 69.7. The minimum atomic E-state index is -1.63. The van der Waals surface area contributed by atoms with Crippen LogP contribution >= 0.6 is 11.8 Å². The maximum Gasteiger partial charge on any atom is 0.246 e. The van der Waals surface area contributed by atoms with Gasteiger partial charge in [0.25, 0.3) is 0 Å². The number of amides is 11. The van der Waals surface area contributed by atoms with E-state index in [9.17, 15) is 33.9 Å². The Morgan fingerprint density at radius 2 is 0.867 bits per heavy atom. The van der Waals surface area contributed by atoms with Gasteiger partial charge in [-0.1, -0.05) is 115 Å². The van der Waals surface area contributed by atoms with Crippen LogP contribution in [0.15, 0.2) is 24.8 Å². The van der Waals surface area contributed by atoms with Crippen LogP contribution in [0, 0.1) is 41.4 Å². The zero-order valence-electron chi connectivity index (χ0n) is 59.0. The molecule has 0 aromatic rings. The molecule has 1 saturated heterocycles. The quantitative estimate of drug-likeness (QED) is 0.0878. The highest BCUT2D eigenvalue weighted by atomic mass is 32.2. The Bertz CT molecular complexity index is 2470. The lowest BCUT2D eigenvalue weighted by atomic mass is 9.91. The highest BCUT2D eigenvalue weighted by molar-refractivity contribution is 7.99. The summed E-state index contributed by atoms with van der Waals surface area (Å²) in [5, 5.41) is 23.4. The molecular weight excluding hydrogens is 1170 g/mol. The fourth-order valence-electron chi connectivity index (χ4n) is 11.2. The highest BCUT2D eigenvalue weighted by Crippen LogP contribution is 2.26. The fourth-order valence-corrected chi connectivity index (χ4v) is 12.1. The van der Waals surface area contributed by atoms with E-state index < -0.39 is 155 Å². The number of aliphatic hydroxyl groups is 1. The third kappa shape index (κ3) is 23.0. The molecule has 13 atom stereocenters. The Morgan fingerprint density at radius 3 is 1.31 bits per heavy atom. The van der Waals surface area contributed by atoms with Crippen molar-refractivity contribution < 1.29 is 57.8 Å². The summed E-state index contributed by atoms with van der Waals surface area (Å²) in [5.74, 6) is -9.41. The summed E-state index contributed by atoms with van der Waals surface area (Å²) in [6.45, 7) is 33.8. The van der Waals surface area contributed by atoms with Gasteiger partial charge in [-0.15, -0.1) is 6.58 Å². The van der Waals surface area contributed by atoms with Crippen LogP contribution in [-0.2, 0) is 52.7 Å². The zero-order valence-corrected chi connectivity index (χ0v) is 59.9. The molecule has 0 radical (unpaired) electrons. The molecule has 0 spiro atoms. The Morgan fingerprint density at radius 1 is 0.467 bits per heavy atom. The standard InChI is InChI=1S/C66H117N11O12S/c1-26-29-30-43(16)55(78)54-59(82)69-46(28-3)61(84)75(23)51(36-90-31-27-2)64(87)71(19)48(33-38(6)7)58(81)70-52(41(12)13)65(88)72(20)47(32-37(4)5)57(80)67-44(17)56(79)68-45(18)60(83)73(21)49(34-39(8)9)62(85)74(22)50(35-40(10)11)63(86)76(24)53(42(14)15)66(89)77(54)25/h26-27,29,37-55,78H,2,28,30-36H2,1,3-25H3,(H,67,80)(H,68,79)(H,69,82)(H,70,81)/t43-,44-,45+,46-,47-,48+,49-,50-,51-,52-,53-,54-,55-/m1/s1. The first kappa shape index (κ1) is 82.0. The van der Waals surface area contributed by atoms with Crippen LogP contribution in [-0.4, -0.2) is 238 Å². The summed E-state index contributed by atoms with van der Waals surface area (Å²) in [7, 11) is 10.0. The van der Waals surface area contributed by atoms with Crippen LogP contribution in [0.1, 0.15) is 156 Å². The van der Waals surface area contributed by atoms with E-state index in [1.54, 1.807) is 60.6 Å². The van der Waals surface area contributed by atoms with Gasteiger partial charge in [0.1, 0.15) is 66.5 Å². The summed E-state index contributed by atoms with van der Waals surface area (Å²) < 4.78 is 0. The van der Waals surface area contributed by atoms with Crippen LogP contribution in [0.5, 0.6) is 0 Å². The van der Waals surface area contributed by atoms with E-state index in [0.717, 1.165) is 4.90 Å². The molecule has 1 aliphatic heterocycles. The average molecular weight is 1290 g/mol. The second kappa shape index (κ2) is 38.1. The maximum absolute atomic E-state index is 15.3. The van der Waals surface area contributed by atoms with Gasteiger partial charge in [0, 0.05) is 60.8 Å². The number of hydrogen-bond donors (Lipinski definition) is 5. The predicted octanol–water partition coefficient (Wildman–Crippen LogP) is 4.56. The van der Waals surface area contributed by atoms with E-state index in [2.05, 4.69) is 27.8 Å². The van der Waals surface area contributed by atoms with Gasteiger partial charge < -0.3 is 60.7 Å². The molecular formula is C66H117N11O12S. The number of carbonyl (C=O) groups is 11. The van der Waals surface area contributed by atoms with Gasteiger partial charge in [-0.25, -0.2) is 0 Å². The van der Waals surface area contributed by atoms with E-state index in [1.807, 2.05) is 61.5 Å². The number of likely N-dealkylation sites (N-methyl/N-ethyl adjacent to an activating group) is 7.